The lowest BCUT2D eigenvalue weighted by Gasteiger charge is -2.10. The fourth-order valence-electron chi connectivity index (χ4n) is 3.91. The molecule has 0 spiro atoms. The number of hydrogen-bond acceptors (Lipinski definition) is 3. The minimum absolute atomic E-state index is 0.0269. The summed E-state index contributed by atoms with van der Waals surface area (Å²) in [5.41, 5.74) is 6.00. The van der Waals surface area contributed by atoms with Crippen LogP contribution >= 0.6 is 0 Å². The van der Waals surface area contributed by atoms with E-state index in [1.165, 1.54) is 0 Å². The van der Waals surface area contributed by atoms with E-state index in [4.69, 9.17) is 0 Å². The maximum Gasteiger partial charge on any atom is 0.266 e. The van der Waals surface area contributed by atoms with Crippen molar-refractivity contribution in [3.8, 4) is 12.1 Å². The molecule has 0 fully saturated rings. The Morgan fingerprint density at radius 3 is 2.39 bits per heavy atom. The summed E-state index contributed by atoms with van der Waals surface area (Å²) in [5.74, 6) is -0.451. The van der Waals surface area contributed by atoms with Crippen molar-refractivity contribution >= 4 is 28.6 Å². The van der Waals surface area contributed by atoms with E-state index < -0.39 is 5.91 Å². The minimum atomic E-state index is -0.451. The van der Waals surface area contributed by atoms with E-state index in [1.54, 1.807) is 12.1 Å². The fourth-order valence-corrected chi connectivity index (χ4v) is 3.91. The molecule has 0 aliphatic heterocycles. The summed E-state index contributed by atoms with van der Waals surface area (Å²) in [4.78, 5) is 12.8. The molecule has 0 saturated heterocycles. The van der Waals surface area contributed by atoms with E-state index in [-0.39, 0.29) is 5.57 Å². The highest BCUT2D eigenvalue weighted by Crippen LogP contribution is 2.29. The summed E-state index contributed by atoms with van der Waals surface area (Å²) in [6.07, 6.45) is 1.65. The van der Waals surface area contributed by atoms with E-state index in [0.717, 1.165) is 33.3 Å². The Hall–Kier alpha value is -4.61. The molecule has 0 saturated carbocycles. The molecule has 160 valence electrons. The number of rotatable bonds is 5. The zero-order chi connectivity index (χ0) is 23.4. The maximum atomic E-state index is 12.8. The van der Waals surface area contributed by atoms with Gasteiger partial charge in [0.2, 0.25) is 0 Å². The van der Waals surface area contributed by atoms with Crippen molar-refractivity contribution < 1.29 is 4.79 Å². The molecular weight excluding hydrogens is 408 g/mol. The van der Waals surface area contributed by atoms with Crippen molar-refractivity contribution in [2.45, 2.75) is 20.4 Å². The van der Waals surface area contributed by atoms with Crippen molar-refractivity contribution in [3.63, 3.8) is 0 Å². The Morgan fingerprint density at radius 2 is 1.67 bits per heavy atom. The number of nitriles is 2. The molecule has 1 amide bonds. The van der Waals surface area contributed by atoms with Crippen LogP contribution in [-0.2, 0) is 11.3 Å². The third-order valence-corrected chi connectivity index (χ3v) is 5.71. The maximum absolute atomic E-state index is 12.8. The number of amides is 1. The number of para-hydroxylation sites is 1. The van der Waals surface area contributed by atoms with Crippen LogP contribution in [0, 0.1) is 36.5 Å². The second-order valence-corrected chi connectivity index (χ2v) is 7.86. The number of hydrogen-bond donors (Lipinski definition) is 1. The molecule has 5 nitrogen and oxygen atoms in total. The van der Waals surface area contributed by atoms with Gasteiger partial charge in [-0.3, -0.25) is 4.79 Å². The van der Waals surface area contributed by atoms with Gasteiger partial charge in [-0.2, -0.15) is 10.5 Å². The van der Waals surface area contributed by atoms with Crippen LogP contribution in [0.4, 0.5) is 5.69 Å². The second kappa shape index (κ2) is 9.26. The van der Waals surface area contributed by atoms with Crippen LogP contribution in [0.15, 0.2) is 78.4 Å². The SMILES string of the molecule is Cc1ccc(NC(=O)/C(C#N)=C\c2c(C)n(Cc3ccccc3C#N)c3ccccc23)cc1. The van der Waals surface area contributed by atoms with Gasteiger partial charge in [-0.15, -0.1) is 0 Å². The van der Waals surface area contributed by atoms with Crippen LogP contribution in [0.3, 0.4) is 0 Å². The van der Waals surface area contributed by atoms with Gasteiger partial charge in [0, 0.05) is 34.4 Å². The first-order chi connectivity index (χ1) is 16.0. The van der Waals surface area contributed by atoms with E-state index in [2.05, 4.69) is 16.0 Å². The Kier molecular flexibility index (Phi) is 6.06. The molecule has 33 heavy (non-hydrogen) atoms. The predicted molar refractivity (Wildman–Crippen MR) is 130 cm³/mol. The van der Waals surface area contributed by atoms with Gasteiger partial charge < -0.3 is 9.88 Å². The topological polar surface area (TPSA) is 81.6 Å². The van der Waals surface area contributed by atoms with E-state index >= 15 is 0 Å². The third kappa shape index (κ3) is 4.39. The van der Waals surface area contributed by atoms with Crippen molar-refractivity contribution in [2.75, 3.05) is 5.32 Å². The zero-order valence-corrected chi connectivity index (χ0v) is 18.5. The lowest BCUT2D eigenvalue weighted by atomic mass is 10.1. The summed E-state index contributed by atoms with van der Waals surface area (Å²) >= 11 is 0. The number of anilines is 1. The highest BCUT2D eigenvalue weighted by molar-refractivity contribution is 6.11. The minimum Gasteiger partial charge on any atom is -0.340 e. The van der Waals surface area contributed by atoms with Gasteiger partial charge in [0.15, 0.2) is 0 Å². The summed E-state index contributed by atoms with van der Waals surface area (Å²) in [6, 6.07) is 27.1. The largest absolute Gasteiger partial charge is 0.340 e. The Morgan fingerprint density at radius 1 is 0.970 bits per heavy atom. The van der Waals surface area contributed by atoms with Gasteiger partial charge in [0.05, 0.1) is 11.6 Å². The van der Waals surface area contributed by atoms with Crippen LogP contribution in [0.2, 0.25) is 0 Å². The van der Waals surface area contributed by atoms with Gasteiger partial charge >= 0.3 is 0 Å². The number of aromatic nitrogens is 1. The standard InChI is InChI=1S/C28H22N4O/c1-19-11-13-24(14-12-19)31-28(33)23(17-30)15-26-20(2)32(27-10-6-5-9-25(26)27)18-22-8-4-3-7-21(22)16-29/h3-15H,18H2,1-2H3,(H,31,33)/b23-15-. The molecule has 3 aromatic carbocycles. The Balaban J connectivity index is 1.76. The summed E-state index contributed by atoms with van der Waals surface area (Å²) in [5, 5.41) is 23.0. The van der Waals surface area contributed by atoms with Crippen molar-refractivity contribution in [1.82, 2.24) is 4.57 Å². The fraction of sp³-hybridized carbons (Fsp3) is 0.107. The molecule has 1 aromatic heterocycles. The molecule has 1 heterocycles. The van der Waals surface area contributed by atoms with Crippen LogP contribution < -0.4 is 5.32 Å². The molecule has 5 heteroatoms. The number of nitrogens with one attached hydrogen (secondary N) is 1. The van der Waals surface area contributed by atoms with Crippen LogP contribution in [0.1, 0.15) is 27.9 Å². The van der Waals surface area contributed by atoms with Gasteiger partial charge in [-0.1, -0.05) is 54.1 Å². The number of fused-ring (bicyclic) bond motifs is 1. The number of benzene rings is 3. The van der Waals surface area contributed by atoms with E-state index in [0.29, 0.717) is 17.8 Å². The molecule has 0 radical (unpaired) electrons. The normalized spacial score (nSPS) is 11.1. The van der Waals surface area contributed by atoms with Gasteiger partial charge in [0.1, 0.15) is 11.6 Å². The van der Waals surface area contributed by atoms with Crippen molar-refractivity contribution in [1.29, 1.82) is 10.5 Å². The Bertz CT molecular complexity index is 1460. The average Bonchev–Trinajstić information content (AvgIpc) is 3.10. The first kappa shape index (κ1) is 21.6. The molecule has 0 aliphatic rings. The average molecular weight is 431 g/mol. The van der Waals surface area contributed by atoms with Crippen LogP contribution in [0.5, 0.6) is 0 Å². The van der Waals surface area contributed by atoms with Crippen molar-refractivity contribution in [2.24, 2.45) is 0 Å². The molecule has 0 aliphatic carbocycles. The molecule has 0 bridgehead atoms. The molecule has 0 atom stereocenters. The zero-order valence-electron chi connectivity index (χ0n) is 18.5. The molecule has 4 rings (SSSR count). The number of carbonyl (C=O) groups is 1. The highest BCUT2D eigenvalue weighted by Gasteiger charge is 2.17. The molecule has 0 unspecified atom stereocenters. The van der Waals surface area contributed by atoms with Gasteiger partial charge in [0.25, 0.3) is 5.91 Å². The lowest BCUT2D eigenvalue weighted by Crippen LogP contribution is -2.13. The summed E-state index contributed by atoms with van der Waals surface area (Å²) in [6.45, 7) is 4.45. The number of carbonyl (C=O) groups excluding carboxylic acids is 1. The highest BCUT2D eigenvalue weighted by atomic mass is 16.1. The smallest absolute Gasteiger partial charge is 0.266 e. The van der Waals surface area contributed by atoms with E-state index in [9.17, 15) is 15.3 Å². The number of nitrogens with zero attached hydrogens (tertiary/aromatic N) is 3. The quantitative estimate of drug-likeness (QED) is 0.325. The Labute approximate surface area is 192 Å². The predicted octanol–water partition coefficient (Wildman–Crippen LogP) is 5.72. The molecular formula is C28H22N4O. The van der Waals surface area contributed by atoms with Gasteiger partial charge in [-0.05, 0) is 49.8 Å². The molecule has 4 aromatic rings. The third-order valence-electron chi connectivity index (χ3n) is 5.71. The van der Waals surface area contributed by atoms with Gasteiger partial charge in [-0.25, -0.2) is 0 Å². The van der Waals surface area contributed by atoms with Crippen molar-refractivity contribution in [3.05, 3.63) is 106 Å². The summed E-state index contributed by atoms with van der Waals surface area (Å²) in [7, 11) is 0. The number of aryl methyl sites for hydroxylation is 1. The summed E-state index contributed by atoms with van der Waals surface area (Å²) < 4.78 is 2.12. The van der Waals surface area contributed by atoms with E-state index in [1.807, 2.05) is 86.6 Å². The lowest BCUT2D eigenvalue weighted by molar-refractivity contribution is -0.112. The first-order valence-corrected chi connectivity index (χ1v) is 10.6. The van der Waals surface area contributed by atoms with Crippen LogP contribution in [0.25, 0.3) is 17.0 Å². The first-order valence-electron chi connectivity index (χ1n) is 10.6. The monoisotopic (exact) mass is 430 g/mol. The molecule has 1 N–H and O–H groups in total. The van der Waals surface area contributed by atoms with Crippen LogP contribution in [-0.4, -0.2) is 10.5 Å². The second-order valence-electron chi connectivity index (χ2n) is 7.86.